The first-order chi connectivity index (χ1) is 4.61. The molecule has 1 rings (SSSR count). The molecule has 54 valence electrons. The highest BCUT2D eigenvalue weighted by atomic mass is 15.3. The van der Waals surface area contributed by atoms with Crippen LogP contribution in [0.15, 0.2) is 12.6 Å². The predicted octanol–water partition coefficient (Wildman–Crippen LogP) is 1.76. The summed E-state index contributed by atoms with van der Waals surface area (Å²) in [6.45, 7) is 7.80. The monoisotopic (exact) mass is 136 g/mol. The van der Waals surface area contributed by atoms with Crippen LogP contribution in [-0.2, 0) is 7.05 Å². The molecule has 1 aromatic rings. The molecule has 0 atom stereocenters. The van der Waals surface area contributed by atoms with Gasteiger partial charge in [0, 0.05) is 7.05 Å². The van der Waals surface area contributed by atoms with E-state index in [1.165, 1.54) is 0 Å². The first kappa shape index (κ1) is 7.06. The Morgan fingerprint density at radius 3 is 2.50 bits per heavy atom. The number of aryl methyl sites for hydroxylation is 2. The Bertz CT molecular complexity index is 258. The van der Waals surface area contributed by atoms with Crippen molar-refractivity contribution in [2.24, 2.45) is 7.05 Å². The second kappa shape index (κ2) is 2.29. The van der Waals surface area contributed by atoms with Gasteiger partial charge < -0.3 is 0 Å². The molecule has 0 amide bonds. The molecule has 2 heteroatoms. The van der Waals surface area contributed by atoms with Gasteiger partial charge in [-0.2, -0.15) is 5.10 Å². The molecule has 10 heavy (non-hydrogen) atoms. The largest absolute Gasteiger partial charge is 0.268 e. The molecule has 0 aliphatic rings. The first-order valence-corrected chi connectivity index (χ1v) is 3.28. The van der Waals surface area contributed by atoms with Crippen LogP contribution in [0.25, 0.3) is 5.57 Å². The zero-order valence-electron chi connectivity index (χ0n) is 6.68. The van der Waals surface area contributed by atoms with Gasteiger partial charge >= 0.3 is 0 Å². The van der Waals surface area contributed by atoms with Crippen molar-refractivity contribution in [3.05, 3.63) is 24.0 Å². The minimum Gasteiger partial charge on any atom is -0.268 e. The van der Waals surface area contributed by atoms with E-state index in [0.717, 1.165) is 17.0 Å². The highest BCUT2D eigenvalue weighted by Crippen LogP contribution is 2.10. The van der Waals surface area contributed by atoms with Gasteiger partial charge in [-0.15, -0.1) is 0 Å². The minimum atomic E-state index is 1.04. The minimum absolute atomic E-state index is 1.04. The third-order valence-electron chi connectivity index (χ3n) is 1.44. The van der Waals surface area contributed by atoms with Gasteiger partial charge in [-0.25, -0.2) is 0 Å². The fraction of sp³-hybridized carbons (Fsp3) is 0.375. The fourth-order valence-electron chi connectivity index (χ4n) is 1.01. The summed E-state index contributed by atoms with van der Waals surface area (Å²) in [7, 11) is 1.93. The molecule has 0 N–H and O–H groups in total. The van der Waals surface area contributed by atoms with E-state index in [0.29, 0.717) is 0 Å². The summed E-state index contributed by atoms with van der Waals surface area (Å²) in [6, 6.07) is 2.03. The van der Waals surface area contributed by atoms with Crippen LogP contribution in [0.3, 0.4) is 0 Å². The van der Waals surface area contributed by atoms with Gasteiger partial charge in [-0.05, 0) is 25.5 Å². The molecule has 1 aromatic heterocycles. The SMILES string of the molecule is C=C(C)c1cc(C)nn1C. The van der Waals surface area contributed by atoms with Crippen molar-refractivity contribution in [3.8, 4) is 0 Å². The summed E-state index contributed by atoms with van der Waals surface area (Å²) in [4.78, 5) is 0. The van der Waals surface area contributed by atoms with Gasteiger partial charge in [0.15, 0.2) is 0 Å². The van der Waals surface area contributed by atoms with E-state index in [-0.39, 0.29) is 0 Å². The Kier molecular flexibility index (Phi) is 1.62. The van der Waals surface area contributed by atoms with E-state index in [4.69, 9.17) is 0 Å². The molecule has 0 aromatic carbocycles. The van der Waals surface area contributed by atoms with Crippen LogP contribution in [0.5, 0.6) is 0 Å². The van der Waals surface area contributed by atoms with E-state index in [2.05, 4.69) is 11.7 Å². The van der Waals surface area contributed by atoms with Crippen molar-refractivity contribution in [2.75, 3.05) is 0 Å². The van der Waals surface area contributed by atoms with E-state index >= 15 is 0 Å². The van der Waals surface area contributed by atoms with Crippen LogP contribution >= 0.6 is 0 Å². The molecule has 0 aliphatic carbocycles. The summed E-state index contributed by atoms with van der Waals surface area (Å²) in [5.41, 5.74) is 3.21. The van der Waals surface area contributed by atoms with Crippen molar-refractivity contribution in [1.82, 2.24) is 9.78 Å². The van der Waals surface area contributed by atoms with Gasteiger partial charge in [0.2, 0.25) is 0 Å². The zero-order chi connectivity index (χ0) is 7.72. The fourth-order valence-corrected chi connectivity index (χ4v) is 1.01. The van der Waals surface area contributed by atoms with Gasteiger partial charge in [0.1, 0.15) is 0 Å². The maximum absolute atomic E-state index is 4.19. The molecule has 0 radical (unpaired) electrons. The van der Waals surface area contributed by atoms with E-state index < -0.39 is 0 Å². The third-order valence-corrected chi connectivity index (χ3v) is 1.44. The number of nitrogens with zero attached hydrogens (tertiary/aromatic N) is 2. The summed E-state index contributed by atoms with van der Waals surface area (Å²) in [6.07, 6.45) is 0. The molecule has 1 heterocycles. The van der Waals surface area contributed by atoms with E-state index in [9.17, 15) is 0 Å². The topological polar surface area (TPSA) is 17.8 Å². The standard InChI is InChI=1S/C8H12N2/c1-6(2)8-5-7(3)9-10(8)4/h5H,1H2,2-4H3. The molecular formula is C8H12N2. The number of allylic oxidation sites excluding steroid dienone is 1. The molecule has 0 bridgehead atoms. The lowest BCUT2D eigenvalue weighted by Gasteiger charge is -1.96. The lowest BCUT2D eigenvalue weighted by molar-refractivity contribution is 0.746. The smallest absolute Gasteiger partial charge is 0.0632 e. The van der Waals surface area contributed by atoms with E-state index in [1.54, 1.807) is 0 Å². The van der Waals surface area contributed by atoms with Crippen LogP contribution in [-0.4, -0.2) is 9.78 Å². The highest BCUT2D eigenvalue weighted by molar-refractivity contribution is 5.58. The Balaban J connectivity index is 3.15. The lowest BCUT2D eigenvalue weighted by Crippen LogP contribution is -1.94. The van der Waals surface area contributed by atoms with E-state index in [1.807, 2.05) is 31.6 Å². The summed E-state index contributed by atoms with van der Waals surface area (Å²) in [5, 5.41) is 4.19. The van der Waals surface area contributed by atoms with Crippen molar-refractivity contribution in [1.29, 1.82) is 0 Å². The Morgan fingerprint density at radius 1 is 1.70 bits per heavy atom. The second-order valence-electron chi connectivity index (χ2n) is 2.57. The van der Waals surface area contributed by atoms with Gasteiger partial charge in [0.25, 0.3) is 0 Å². The van der Waals surface area contributed by atoms with Gasteiger partial charge in [0.05, 0.1) is 11.4 Å². The van der Waals surface area contributed by atoms with Crippen molar-refractivity contribution in [2.45, 2.75) is 13.8 Å². The maximum atomic E-state index is 4.19. The number of hydrogen-bond donors (Lipinski definition) is 0. The molecule has 0 saturated heterocycles. The molecule has 0 unspecified atom stereocenters. The number of rotatable bonds is 1. The average Bonchev–Trinajstić information content (AvgIpc) is 2.10. The van der Waals surface area contributed by atoms with Crippen LogP contribution < -0.4 is 0 Å². The van der Waals surface area contributed by atoms with Gasteiger partial charge in [-0.3, -0.25) is 4.68 Å². The number of hydrogen-bond acceptors (Lipinski definition) is 1. The Morgan fingerprint density at radius 2 is 2.30 bits per heavy atom. The summed E-state index contributed by atoms with van der Waals surface area (Å²) >= 11 is 0. The second-order valence-corrected chi connectivity index (χ2v) is 2.57. The Hall–Kier alpha value is -1.05. The highest BCUT2D eigenvalue weighted by Gasteiger charge is 1.99. The Labute approximate surface area is 61.2 Å². The van der Waals surface area contributed by atoms with Gasteiger partial charge in [-0.1, -0.05) is 6.58 Å². The van der Waals surface area contributed by atoms with Crippen LogP contribution in [0.1, 0.15) is 18.3 Å². The molecule has 0 fully saturated rings. The normalized spacial score (nSPS) is 9.90. The maximum Gasteiger partial charge on any atom is 0.0632 e. The molecule has 0 spiro atoms. The van der Waals surface area contributed by atoms with Crippen molar-refractivity contribution < 1.29 is 0 Å². The zero-order valence-corrected chi connectivity index (χ0v) is 6.68. The van der Waals surface area contributed by atoms with Crippen molar-refractivity contribution >= 4 is 5.57 Å². The first-order valence-electron chi connectivity index (χ1n) is 3.28. The molecular weight excluding hydrogens is 124 g/mol. The van der Waals surface area contributed by atoms with Crippen LogP contribution in [0, 0.1) is 6.92 Å². The summed E-state index contributed by atoms with van der Waals surface area (Å²) in [5.74, 6) is 0. The third kappa shape index (κ3) is 1.10. The predicted molar refractivity (Wildman–Crippen MR) is 42.7 cm³/mol. The van der Waals surface area contributed by atoms with Crippen LogP contribution in [0.2, 0.25) is 0 Å². The number of aromatic nitrogens is 2. The lowest BCUT2D eigenvalue weighted by atomic mass is 10.2. The van der Waals surface area contributed by atoms with Crippen LogP contribution in [0.4, 0.5) is 0 Å². The quantitative estimate of drug-likeness (QED) is 0.575. The molecule has 0 saturated carbocycles. The summed E-state index contributed by atoms with van der Waals surface area (Å²) < 4.78 is 1.84. The van der Waals surface area contributed by atoms with Crippen molar-refractivity contribution in [3.63, 3.8) is 0 Å². The molecule has 2 nitrogen and oxygen atoms in total. The average molecular weight is 136 g/mol. The molecule has 0 aliphatic heterocycles.